The van der Waals surface area contributed by atoms with Crippen molar-refractivity contribution in [2.24, 2.45) is 0 Å². The summed E-state index contributed by atoms with van der Waals surface area (Å²) >= 11 is 0. The molecule has 0 amide bonds. The van der Waals surface area contributed by atoms with Crippen molar-refractivity contribution in [3.63, 3.8) is 0 Å². The van der Waals surface area contributed by atoms with Crippen LogP contribution in [0.25, 0.3) is 21.7 Å². The van der Waals surface area contributed by atoms with E-state index >= 15 is 0 Å². The van der Waals surface area contributed by atoms with Crippen LogP contribution in [0.4, 0.5) is 0 Å². The maximum atomic E-state index is 12.2. The van der Waals surface area contributed by atoms with Gasteiger partial charge in [0, 0.05) is 10.8 Å². The number of pyridine rings is 1. The van der Waals surface area contributed by atoms with E-state index in [9.17, 15) is 4.79 Å². The van der Waals surface area contributed by atoms with Crippen LogP contribution in [0.1, 0.15) is 19.5 Å². The van der Waals surface area contributed by atoms with E-state index in [1.54, 1.807) is 0 Å². The standard InChI is InChI=1S/C18H17NO2/c1-18(2,17(20)21-3)16-14-10-5-4-8-12(14)13-9-6-7-11-15(13)19-16/h4-11H,1-3H3. The number of rotatable bonds is 2. The lowest BCUT2D eigenvalue weighted by Crippen LogP contribution is -2.31. The Kier molecular flexibility index (Phi) is 3.13. The smallest absolute Gasteiger partial charge is 0.317 e. The Morgan fingerprint density at radius 3 is 2.19 bits per heavy atom. The molecule has 0 aliphatic rings. The molecule has 3 rings (SSSR count). The van der Waals surface area contributed by atoms with Crippen molar-refractivity contribution in [3.8, 4) is 0 Å². The molecule has 0 atom stereocenters. The summed E-state index contributed by atoms with van der Waals surface area (Å²) < 4.78 is 4.95. The monoisotopic (exact) mass is 279 g/mol. The fraction of sp³-hybridized carbons (Fsp3) is 0.222. The number of methoxy groups -OCH3 is 1. The molecule has 1 heterocycles. The van der Waals surface area contributed by atoms with Gasteiger partial charge in [0.2, 0.25) is 0 Å². The average molecular weight is 279 g/mol. The van der Waals surface area contributed by atoms with Gasteiger partial charge in [0.15, 0.2) is 0 Å². The van der Waals surface area contributed by atoms with Gasteiger partial charge in [0.05, 0.1) is 18.3 Å². The fourth-order valence-corrected chi connectivity index (χ4v) is 2.73. The molecule has 0 saturated carbocycles. The number of hydrogen-bond acceptors (Lipinski definition) is 3. The molecule has 0 spiro atoms. The highest BCUT2D eigenvalue weighted by Crippen LogP contribution is 2.33. The first-order valence-corrected chi connectivity index (χ1v) is 6.92. The summed E-state index contributed by atoms with van der Waals surface area (Å²) in [6, 6.07) is 16.0. The SMILES string of the molecule is COC(=O)C(C)(C)c1nc2ccccc2c2ccccc12. The Balaban J connectivity index is 2.43. The van der Waals surface area contributed by atoms with E-state index < -0.39 is 5.41 Å². The van der Waals surface area contributed by atoms with Crippen molar-refractivity contribution in [2.45, 2.75) is 19.3 Å². The van der Waals surface area contributed by atoms with E-state index in [-0.39, 0.29) is 5.97 Å². The Labute approximate surface area is 123 Å². The zero-order chi connectivity index (χ0) is 15.0. The Bertz CT molecular complexity index is 837. The van der Waals surface area contributed by atoms with E-state index in [0.717, 1.165) is 27.4 Å². The fourth-order valence-electron chi connectivity index (χ4n) is 2.73. The molecule has 3 nitrogen and oxygen atoms in total. The summed E-state index contributed by atoms with van der Waals surface area (Å²) in [5, 5.41) is 3.19. The van der Waals surface area contributed by atoms with Crippen molar-refractivity contribution in [1.29, 1.82) is 0 Å². The lowest BCUT2D eigenvalue weighted by Gasteiger charge is -2.23. The Morgan fingerprint density at radius 1 is 0.952 bits per heavy atom. The summed E-state index contributed by atoms with van der Waals surface area (Å²) in [5.41, 5.74) is 0.852. The van der Waals surface area contributed by atoms with Crippen LogP contribution in [0.5, 0.6) is 0 Å². The van der Waals surface area contributed by atoms with Crippen LogP contribution in [0.3, 0.4) is 0 Å². The zero-order valence-corrected chi connectivity index (χ0v) is 12.4. The number of esters is 1. The summed E-state index contributed by atoms with van der Waals surface area (Å²) in [6.07, 6.45) is 0. The second-order valence-electron chi connectivity index (χ2n) is 5.64. The average Bonchev–Trinajstić information content (AvgIpc) is 2.53. The first-order valence-electron chi connectivity index (χ1n) is 6.92. The predicted octanol–water partition coefficient (Wildman–Crippen LogP) is 3.84. The molecular formula is C18H17NO2. The highest BCUT2D eigenvalue weighted by atomic mass is 16.5. The molecule has 0 radical (unpaired) electrons. The normalized spacial score (nSPS) is 11.8. The molecule has 2 aromatic carbocycles. The van der Waals surface area contributed by atoms with Gasteiger partial charge in [-0.25, -0.2) is 0 Å². The third-order valence-corrected chi connectivity index (χ3v) is 3.90. The van der Waals surface area contributed by atoms with Crippen molar-refractivity contribution in [1.82, 2.24) is 4.98 Å². The number of ether oxygens (including phenoxy) is 1. The molecule has 0 saturated heterocycles. The second kappa shape index (κ2) is 4.85. The molecule has 3 heteroatoms. The highest BCUT2D eigenvalue weighted by Gasteiger charge is 2.34. The number of nitrogens with zero attached hydrogens (tertiary/aromatic N) is 1. The van der Waals surface area contributed by atoms with Crippen LogP contribution < -0.4 is 0 Å². The van der Waals surface area contributed by atoms with E-state index in [0.29, 0.717) is 0 Å². The van der Waals surface area contributed by atoms with Crippen LogP contribution in [-0.4, -0.2) is 18.1 Å². The van der Waals surface area contributed by atoms with Crippen molar-refractivity contribution >= 4 is 27.6 Å². The van der Waals surface area contributed by atoms with Crippen LogP contribution in [0.15, 0.2) is 48.5 Å². The van der Waals surface area contributed by atoms with Crippen LogP contribution in [0.2, 0.25) is 0 Å². The minimum atomic E-state index is -0.793. The van der Waals surface area contributed by atoms with Crippen LogP contribution >= 0.6 is 0 Å². The molecule has 21 heavy (non-hydrogen) atoms. The lowest BCUT2D eigenvalue weighted by atomic mass is 9.85. The predicted molar refractivity (Wildman–Crippen MR) is 84.3 cm³/mol. The molecule has 3 aromatic rings. The Hall–Kier alpha value is -2.42. The molecule has 0 aliphatic carbocycles. The molecule has 0 N–H and O–H groups in total. The number of carbonyl (C=O) groups excluding carboxylic acids is 1. The quantitative estimate of drug-likeness (QED) is 0.528. The van der Waals surface area contributed by atoms with Gasteiger partial charge in [0.25, 0.3) is 0 Å². The molecule has 0 bridgehead atoms. The number of para-hydroxylation sites is 1. The molecular weight excluding hydrogens is 262 g/mol. The maximum Gasteiger partial charge on any atom is 0.317 e. The molecule has 1 aromatic heterocycles. The van der Waals surface area contributed by atoms with Gasteiger partial charge in [-0.2, -0.15) is 0 Å². The second-order valence-corrected chi connectivity index (χ2v) is 5.64. The minimum Gasteiger partial charge on any atom is -0.468 e. The first kappa shape index (κ1) is 13.6. The van der Waals surface area contributed by atoms with Gasteiger partial charge in [-0.15, -0.1) is 0 Å². The van der Waals surface area contributed by atoms with E-state index in [4.69, 9.17) is 9.72 Å². The lowest BCUT2D eigenvalue weighted by molar-refractivity contribution is -0.146. The summed E-state index contributed by atoms with van der Waals surface area (Å²) in [5.74, 6) is -0.282. The summed E-state index contributed by atoms with van der Waals surface area (Å²) in [7, 11) is 1.41. The number of hydrogen-bond donors (Lipinski definition) is 0. The summed E-state index contributed by atoms with van der Waals surface area (Å²) in [4.78, 5) is 16.9. The number of benzene rings is 2. The van der Waals surface area contributed by atoms with Crippen LogP contribution in [-0.2, 0) is 14.9 Å². The van der Waals surface area contributed by atoms with Gasteiger partial charge in [-0.05, 0) is 25.3 Å². The van der Waals surface area contributed by atoms with Crippen molar-refractivity contribution < 1.29 is 9.53 Å². The highest BCUT2D eigenvalue weighted by molar-refractivity contribution is 6.08. The summed E-state index contributed by atoms with van der Waals surface area (Å²) in [6.45, 7) is 3.70. The largest absolute Gasteiger partial charge is 0.468 e. The Morgan fingerprint density at radius 2 is 1.52 bits per heavy atom. The van der Waals surface area contributed by atoms with Gasteiger partial charge in [0.1, 0.15) is 5.41 Å². The van der Waals surface area contributed by atoms with Crippen molar-refractivity contribution in [3.05, 3.63) is 54.2 Å². The molecule has 0 fully saturated rings. The number of carbonyl (C=O) groups is 1. The minimum absolute atomic E-state index is 0.282. The number of aromatic nitrogens is 1. The van der Waals surface area contributed by atoms with Gasteiger partial charge in [-0.1, -0.05) is 42.5 Å². The van der Waals surface area contributed by atoms with Crippen molar-refractivity contribution in [2.75, 3.05) is 7.11 Å². The van der Waals surface area contributed by atoms with Crippen LogP contribution in [0, 0.1) is 0 Å². The topological polar surface area (TPSA) is 39.2 Å². The third kappa shape index (κ3) is 2.05. The maximum absolute atomic E-state index is 12.2. The zero-order valence-electron chi connectivity index (χ0n) is 12.4. The third-order valence-electron chi connectivity index (χ3n) is 3.90. The number of fused-ring (bicyclic) bond motifs is 3. The molecule has 0 unspecified atom stereocenters. The molecule has 106 valence electrons. The van der Waals surface area contributed by atoms with Gasteiger partial charge < -0.3 is 4.74 Å². The molecule has 0 aliphatic heterocycles. The van der Waals surface area contributed by atoms with Gasteiger partial charge in [-0.3, -0.25) is 9.78 Å². The first-order chi connectivity index (χ1) is 10.1. The van der Waals surface area contributed by atoms with E-state index in [2.05, 4.69) is 12.1 Å². The van der Waals surface area contributed by atoms with E-state index in [1.807, 2.05) is 50.2 Å². The van der Waals surface area contributed by atoms with E-state index in [1.165, 1.54) is 7.11 Å². The van der Waals surface area contributed by atoms with Gasteiger partial charge >= 0.3 is 5.97 Å².